The summed E-state index contributed by atoms with van der Waals surface area (Å²) in [6.07, 6.45) is 2.98. The van der Waals surface area contributed by atoms with E-state index in [9.17, 15) is 14.7 Å². The summed E-state index contributed by atoms with van der Waals surface area (Å²) in [5.41, 5.74) is 0.586. The molecule has 2 amide bonds. The summed E-state index contributed by atoms with van der Waals surface area (Å²) in [4.78, 5) is 27.1. The Kier molecular flexibility index (Phi) is 4.27. The standard InChI is InChI=1S/C15H20N2O3/c1-3-10-17(11-8-9-11)15(20)16(2)13-7-5-4-6-12(13)14(18)19/h4-7,11H,3,8-10H2,1-2H3,(H,18,19). The summed E-state index contributed by atoms with van der Waals surface area (Å²) in [5, 5.41) is 9.21. The lowest BCUT2D eigenvalue weighted by Gasteiger charge is -2.28. The van der Waals surface area contributed by atoms with Gasteiger partial charge in [-0.3, -0.25) is 4.90 Å². The molecule has 20 heavy (non-hydrogen) atoms. The summed E-state index contributed by atoms with van der Waals surface area (Å²) >= 11 is 0. The van der Waals surface area contributed by atoms with E-state index in [0.717, 1.165) is 19.3 Å². The number of urea groups is 1. The number of rotatable bonds is 5. The number of aromatic carboxylic acids is 1. The van der Waals surface area contributed by atoms with Crippen molar-refractivity contribution in [1.29, 1.82) is 0 Å². The SMILES string of the molecule is CCCN(C(=O)N(C)c1ccccc1C(=O)O)C1CC1. The Hall–Kier alpha value is -2.04. The molecule has 1 aliphatic rings. The average molecular weight is 276 g/mol. The molecule has 1 N–H and O–H groups in total. The fourth-order valence-electron chi connectivity index (χ4n) is 2.30. The molecule has 1 saturated carbocycles. The zero-order valence-corrected chi connectivity index (χ0v) is 11.9. The average Bonchev–Trinajstić information content (AvgIpc) is 3.27. The van der Waals surface area contributed by atoms with Crippen LogP contribution in [0.3, 0.4) is 0 Å². The van der Waals surface area contributed by atoms with E-state index in [1.807, 2.05) is 11.8 Å². The van der Waals surface area contributed by atoms with Gasteiger partial charge in [-0.05, 0) is 31.4 Å². The maximum atomic E-state index is 12.5. The van der Waals surface area contributed by atoms with Gasteiger partial charge in [-0.1, -0.05) is 19.1 Å². The molecular formula is C15H20N2O3. The lowest BCUT2D eigenvalue weighted by molar-refractivity contribution is 0.0697. The molecule has 0 radical (unpaired) electrons. The topological polar surface area (TPSA) is 60.9 Å². The van der Waals surface area contributed by atoms with Gasteiger partial charge in [0.05, 0.1) is 11.3 Å². The number of para-hydroxylation sites is 1. The zero-order chi connectivity index (χ0) is 14.7. The lowest BCUT2D eigenvalue weighted by atomic mass is 10.1. The highest BCUT2D eigenvalue weighted by Crippen LogP contribution is 2.29. The molecule has 2 rings (SSSR count). The lowest BCUT2D eigenvalue weighted by Crippen LogP contribution is -2.43. The molecule has 0 aliphatic heterocycles. The molecule has 5 nitrogen and oxygen atoms in total. The van der Waals surface area contributed by atoms with Gasteiger partial charge in [0.2, 0.25) is 0 Å². The molecule has 1 aromatic rings. The fraction of sp³-hybridized carbons (Fsp3) is 0.467. The molecule has 0 atom stereocenters. The fourth-order valence-corrected chi connectivity index (χ4v) is 2.30. The predicted octanol–water partition coefficient (Wildman–Crippen LogP) is 2.82. The quantitative estimate of drug-likeness (QED) is 0.899. The molecule has 0 spiro atoms. The number of anilines is 1. The molecule has 108 valence electrons. The summed E-state index contributed by atoms with van der Waals surface area (Å²) in [5.74, 6) is -1.02. The molecule has 0 heterocycles. The number of hydrogen-bond acceptors (Lipinski definition) is 2. The number of benzene rings is 1. The van der Waals surface area contributed by atoms with Gasteiger partial charge in [-0.25, -0.2) is 9.59 Å². The molecule has 5 heteroatoms. The second-order valence-electron chi connectivity index (χ2n) is 5.09. The maximum Gasteiger partial charge on any atom is 0.337 e. The molecular weight excluding hydrogens is 256 g/mol. The van der Waals surface area contributed by atoms with E-state index < -0.39 is 5.97 Å². The number of nitrogens with zero attached hydrogens (tertiary/aromatic N) is 2. The van der Waals surface area contributed by atoms with Gasteiger partial charge in [0.1, 0.15) is 0 Å². The van der Waals surface area contributed by atoms with Gasteiger partial charge in [-0.15, -0.1) is 0 Å². The normalized spacial score (nSPS) is 13.9. The van der Waals surface area contributed by atoms with Gasteiger partial charge in [0, 0.05) is 19.6 Å². The van der Waals surface area contributed by atoms with Gasteiger partial charge in [0.25, 0.3) is 0 Å². The van der Waals surface area contributed by atoms with Gasteiger partial charge in [0.15, 0.2) is 0 Å². The monoisotopic (exact) mass is 276 g/mol. The second kappa shape index (κ2) is 5.94. The first kappa shape index (κ1) is 14.4. The summed E-state index contributed by atoms with van der Waals surface area (Å²) < 4.78 is 0. The van der Waals surface area contributed by atoms with Crippen LogP contribution in [0.2, 0.25) is 0 Å². The van der Waals surface area contributed by atoms with Crippen molar-refractivity contribution in [3.8, 4) is 0 Å². The summed E-state index contributed by atoms with van der Waals surface area (Å²) in [7, 11) is 1.63. The van der Waals surface area contributed by atoms with Crippen LogP contribution in [0.1, 0.15) is 36.5 Å². The van der Waals surface area contributed by atoms with Gasteiger partial charge >= 0.3 is 12.0 Å². The first-order valence-electron chi connectivity index (χ1n) is 6.93. The number of amides is 2. The van der Waals surface area contributed by atoms with Crippen LogP contribution in [0, 0.1) is 0 Å². The Bertz CT molecular complexity index is 512. The van der Waals surface area contributed by atoms with Crippen molar-refractivity contribution in [2.45, 2.75) is 32.2 Å². The van der Waals surface area contributed by atoms with Crippen LogP contribution >= 0.6 is 0 Å². The van der Waals surface area contributed by atoms with Crippen molar-refractivity contribution in [3.63, 3.8) is 0 Å². The predicted molar refractivity (Wildman–Crippen MR) is 77.2 cm³/mol. The smallest absolute Gasteiger partial charge is 0.337 e. The van der Waals surface area contributed by atoms with Crippen molar-refractivity contribution in [3.05, 3.63) is 29.8 Å². The minimum absolute atomic E-state index is 0.122. The molecule has 1 fully saturated rings. The van der Waals surface area contributed by atoms with Crippen LogP contribution in [0.4, 0.5) is 10.5 Å². The molecule has 1 aromatic carbocycles. The van der Waals surface area contributed by atoms with E-state index in [1.54, 1.807) is 25.2 Å². The van der Waals surface area contributed by atoms with Gasteiger partial charge in [-0.2, -0.15) is 0 Å². The van der Waals surface area contributed by atoms with Crippen molar-refractivity contribution in [1.82, 2.24) is 4.90 Å². The minimum atomic E-state index is -1.02. The van der Waals surface area contributed by atoms with Crippen molar-refractivity contribution in [2.75, 3.05) is 18.5 Å². The largest absolute Gasteiger partial charge is 0.478 e. The van der Waals surface area contributed by atoms with Crippen LogP contribution in [-0.4, -0.2) is 41.6 Å². The van der Waals surface area contributed by atoms with E-state index in [4.69, 9.17) is 0 Å². The van der Waals surface area contributed by atoms with Crippen LogP contribution in [-0.2, 0) is 0 Å². The highest BCUT2D eigenvalue weighted by atomic mass is 16.4. The molecule has 0 saturated heterocycles. The number of carboxylic acid groups (broad SMARTS) is 1. The Morgan fingerprint density at radius 2 is 1.95 bits per heavy atom. The molecule has 1 aliphatic carbocycles. The van der Waals surface area contributed by atoms with Crippen LogP contribution in [0.25, 0.3) is 0 Å². The minimum Gasteiger partial charge on any atom is -0.478 e. The number of carbonyl (C=O) groups is 2. The highest BCUT2D eigenvalue weighted by Gasteiger charge is 2.34. The van der Waals surface area contributed by atoms with Gasteiger partial charge < -0.3 is 10.0 Å². The Balaban J connectivity index is 2.23. The Labute approximate surface area is 118 Å². The van der Waals surface area contributed by atoms with E-state index in [1.165, 1.54) is 11.0 Å². The third-order valence-corrected chi connectivity index (χ3v) is 3.48. The molecule has 0 unspecified atom stereocenters. The van der Waals surface area contributed by atoms with E-state index in [-0.39, 0.29) is 11.6 Å². The number of carboxylic acids is 1. The Morgan fingerprint density at radius 3 is 2.50 bits per heavy atom. The summed E-state index contributed by atoms with van der Waals surface area (Å²) in [6.45, 7) is 2.75. The number of hydrogen-bond donors (Lipinski definition) is 1. The van der Waals surface area contributed by atoms with Crippen molar-refractivity contribution in [2.24, 2.45) is 0 Å². The summed E-state index contributed by atoms with van der Waals surface area (Å²) in [6, 6.07) is 6.79. The first-order valence-corrected chi connectivity index (χ1v) is 6.93. The van der Waals surface area contributed by atoms with E-state index in [2.05, 4.69) is 0 Å². The van der Waals surface area contributed by atoms with Crippen LogP contribution in [0.15, 0.2) is 24.3 Å². The van der Waals surface area contributed by atoms with Crippen LogP contribution in [0.5, 0.6) is 0 Å². The van der Waals surface area contributed by atoms with Crippen molar-refractivity contribution < 1.29 is 14.7 Å². The van der Waals surface area contributed by atoms with E-state index >= 15 is 0 Å². The number of carbonyl (C=O) groups excluding carboxylic acids is 1. The first-order chi connectivity index (χ1) is 9.56. The highest BCUT2D eigenvalue weighted by molar-refractivity contribution is 6.01. The zero-order valence-electron chi connectivity index (χ0n) is 11.9. The molecule has 0 bridgehead atoms. The second-order valence-corrected chi connectivity index (χ2v) is 5.09. The third kappa shape index (κ3) is 2.92. The maximum absolute atomic E-state index is 12.5. The van der Waals surface area contributed by atoms with E-state index in [0.29, 0.717) is 18.3 Å². The van der Waals surface area contributed by atoms with Crippen molar-refractivity contribution >= 4 is 17.7 Å². The third-order valence-electron chi connectivity index (χ3n) is 3.48. The molecule has 0 aromatic heterocycles. The van der Waals surface area contributed by atoms with Crippen LogP contribution < -0.4 is 4.90 Å². The Morgan fingerprint density at radius 1 is 1.30 bits per heavy atom.